The van der Waals surface area contributed by atoms with Gasteiger partial charge in [0.15, 0.2) is 0 Å². The van der Waals surface area contributed by atoms with E-state index >= 15 is 0 Å². The van der Waals surface area contributed by atoms with E-state index in [0.717, 1.165) is 45.7 Å². The van der Waals surface area contributed by atoms with E-state index in [1.165, 1.54) is 18.4 Å². The predicted octanol–water partition coefficient (Wildman–Crippen LogP) is 0.784. The van der Waals surface area contributed by atoms with Gasteiger partial charge in [0, 0.05) is 45.7 Å². The van der Waals surface area contributed by atoms with Gasteiger partial charge in [-0.25, -0.2) is 0 Å². The van der Waals surface area contributed by atoms with E-state index < -0.39 is 0 Å². The fraction of sp³-hybridized carbons (Fsp3) is 0.778. The zero-order valence-corrected chi connectivity index (χ0v) is 14.5. The van der Waals surface area contributed by atoms with Crippen LogP contribution in [0.5, 0.6) is 0 Å². The lowest BCUT2D eigenvalue weighted by Crippen LogP contribution is -2.42. The molecule has 0 bridgehead atoms. The molecule has 0 saturated carbocycles. The number of likely N-dealkylation sites (tertiary alicyclic amines) is 1. The highest BCUT2D eigenvalue weighted by molar-refractivity contribution is 5.89. The van der Waals surface area contributed by atoms with Crippen LogP contribution in [-0.4, -0.2) is 74.1 Å². The second-order valence-electron chi connectivity index (χ2n) is 7.02. The SMILES string of the molecule is O=C(NCC1=CCCCC1)C1CC(=O)N(CCN2CCOCC2)C1. The number of hydrogen-bond donors (Lipinski definition) is 1. The van der Waals surface area contributed by atoms with Gasteiger partial charge in [0.25, 0.3) is 0 Å². The van der Waals surface area contributed by atoms with Crippen LogP contribution in [-0.2, 0) is 14.3 Å². The molecule has 0 aromatic carbocycles. The first-order valence-electron chi connectivity index (χ1n) is 9.26. The summed E-state index contributed by atoms with van der Waals surface area (Å²) in [6, 6.07) is 0. The molecular weight excluding hydrogens is 306 g/mol. The molecule has 1 unspecified atom stereocenters. The molecule has 1 aliphatic carbocycles. The molecule has 3 aliphatic rings. The zero-order valence-electron chi connectivity index (χ0n) is 14.5. The first-order valence-corrected chi connectivity index (χ1v) is 9.26. The fourth-order valence-corrected chi connectivity index (χ4v) is 3.66. The summed E-state index contributed by atoms with van der Waals surface area (Å²) in [5.74, 6) is -0.0460. The summed E-state index contributed by atoms with van der Waals surface area (Å²) in [5.41, 5.74) is 1.34. The smallest absolute Gasteiger partial charge is 0.225 e. The van der Waals surface area contributed by atoms with Gasteiger partial charge in [-0.15, -0.1) is 0 Å². The van der Waals surface area contributed by atoms with Gasteiger partial charge in [0.1, 0.15) is 0 Å². The highest BCUT2D eigenvalue weighted by atomic mass is 16.5. The average molecular weight is 335 g/mol. The number of rotatable bonds is 6. The summed E-state index contributed by atoms with van der Waals surface area (Å²) in [6.07, 6.45) is 7.30. The Morgan fingerprint density at radius 3 is 2.83 bits per heavy atom. The Bertz CT molecular complexity index is 486. The van der Waals surface area contributed by atoms with E-state index in [1.54, 1.807) is 0 Å². The van der Waals surface area contributed by atoms with E-state index in [4.69, 9.17) is 4.74 Å². The Labute approximate surface area is 144 Å². The lowest BCUT2D eigenvalue weighted by Gasteiger charge is -2.28. The van der Waals surface area contributed by atoms with E-state index in [0.29, 0.717) is 26.1 Å². The molecular formula is C18H29N3O3. The maximum Gasteiger partial charge on any atom is 0.225 e. The van der Waals surface area contributed by atoms with Gasteiger partial charge in [0.2, 0.25) is 11.8 Å². The summed E-state index contributed by atoms with van der Waals surface area (Å²) in [6.45, 7) is 6.21. The number of carbonyl (C=O) groups excluding carboxylic acids is 2. The van der Waals surface area contributed by atoms with Gasteiger partial charge in [0.05, 0.1) is 19.1 Å². The second kappa shape index (κ2) is 8.62. The van der Waals surface area contributed by atoms with E-state index in [1.807, 2.05) is 4.90 Å². The standard InChI is InChI=1S/C18H29N3O3/c22-17-12-16(18(23)19-13-15-4-2-1-3-5-15)14-21(17)7-6-20-8-10-24-11-9-20/h4,16H,1-3,5-14H2,(H,19,23). The monoisotopic (exact) mass is 335 g/mol. The second-order valence-corrected chi connectivity index (χ2v) is 7.02. The molecule has 3 rings (SSSR count). The number of amides is 2. The van der Waals surface area contributed by atoms with Crippen molar-refractivity contribution in [3.05, 3.63) is 11.6 Å². The molecule has 6 heteroatoms. The lowest BCUT2D eigenvalue weighted by atomic mass is 9.99. The van der Waals surface area contributed by atoms with Gasteiger partial charge in [-0.2, -0.15) is 0 Å². The molecule has 2 saturated heterocycles. The van der Waals surface area contributed by atoms with Gasteiger partial charge in [-0.1, -0.05) is 11.6 Å². The Morgan fingerprint density at radius 1 is 1.25 bits per heavy atom. The van der Waals surface area contributed by atoms with Gasteiger partial charge in [-0.3, -0.25) is 14.5 Å². The Balaban J connectivity index is 1.40. The number of nitrogens with zero attached hydrogens (tertiary/aromatic N) is 2. The Hall–Kier alpha value is -1.40. The van der Waals surface area contributed by atoms with Crippen molar-refractivity contribution in [2.45, 2.75) is 32.1 Å². The largest absolute Gasteiger partial charge is 0.379 e. The van der Waals surface area contributed by atoms with E-state index in [-0.39, 0.29) is 17.7 Å². The molecule has 1 atom stereocenters. The maximum atomic E-state index is 12.3. The van der Waals surface area contributed by atoms with Crippen LogP contribution in [0.25, 0.3) is 0 Å². The van der Waals surface area contributed by atoms with Crippen molar-refractivity contribution < 1.29 is 14.3 Å². The van der Waals surface area contributed by atoms with Crippen LogP contribution in [0.1, 0.15) is 32.1 Å². The van der Waals surface area contributed by atoms with E-state index in [2.05, 4.69) is 16.3 Å². The molecule has 2 aliphatic heterocycles. The van der Waals surface area contributed by atoms with Gasteiger partial charge >= 0.3 is 0 Å². The van der Waals surface area contributed by atoms with Crippen molar-refractivity contribution in [2.75, 3.05) is 52.5 Å². The first-order chi connectivity index (χ1) is 11.7. The number of allylic oxidation sites excluding steroid dienone is 1. The highest BCUT2D eigenvalue weighted by Crippen LogP contribution is 2.19. The van der Waals surface area contributed by atoms with Crippen molar-refractivity contribution in [3.8, 4) is 0 Å². The summed E-state index contributed by atoms with van der Waals surface area (Å²) in [5, 5.41) is 3.03. The van der Waals surface area contributed by atoms with Crippen LogP contribution in [0, 0.1) is 5.92 Å². The molecule has 0 radical (unpaired) electrons. The quantitative estimate of drug-likeness (QED) is 0.729. The highest BCUT2D eigenvalue weighted by Gasteiger charge is 2.34. The minimum Gasteiger partial charge on any atom is -0.379 e. The summed E-state index contributed by atoms with van der Waals surface area (Å²) in [7, 11) is 0. The Kier molecular flexibility index (Phi) is 6.26. The molecule has 0 aromatic rings. The number of morpholine rings is 1. The van der Waals surface area contributed by atoms with Crippen LogP contribution in [0.15, 0.2) is 11.6 Å². The third-order valence-corrected chi connectivity index (χ3v) is 5.25. The lowest BCUT2D eigenvalue weighted by molar-refractivity contribution is -0.129. The minimum absolute atomic E-state index is 0.0312. The Morgan fingerprint density at radius 2 is 2.08 bits per heavy atom. The van der Waals surface area contributed by atoms with Crippen molar-refractivity contribution in [2.24, 2.45) is 5.92 Å². The minimum atomic E-state index is -0.189. The molecule has 2 fully saturated rings. The van der Waals surface area contributed by atoms with Crippen molar-refractivity contribution in [1.29, 1.82) is 0 Å². The molecule has 2 amide bonds. The molecule has 1 N–H and O–H groups in total. The van der Waals surface area contributed by atoms with Crippen LogP contribution in [0.2, 0.25) is 0 Å². The molecule has 0 aromatic heterocycles. The normalized spacial score (nSPS) is 25.7. The summed E-state index contributed by atoms with van der Waals surface area (Å²) >= 11 is 0. The van der Waals surface area contributed by atoms with Crippen LogP contribution >= 0.6 is 0 Å². The zero-order chi connectivity index (χ0) is 16.8. The first kappa shape index (κ1) is 17.4. The summed E-state index contributed by atoms with van der Waals surface area (Å²) < 4.78 is 5.34. The van der Waals surface area contributed by atoms with Gasteiger partial charge < -0.3 is 15.0 Å². The van der Waals surface area contributed by atoms with Crippen molar-refractivity contribution >= 4 is 11.8 Å². The molecule has 134 valence electrons. The topological polar surface area (TPSA) is 61.9 Å². The van der Waals surface area contributed by atoms with Crippen LogP contribution in [0.4, 0.5) is 0 Å². The third-order valence-electron chi connectivity index (χ3n) is 5.25. The predicted molar refractivity (Wildman–Crippen MR) is 91.5 cm³/mol. The van der Waals surface area contributed by atoms with Crippen LogP contribution < -0.4 is 5.32 Å². The molecule has 0 spiro atoms. The summed E-state index contributed by atoms with van der Waals surface area (Å²) in [4.78, 5) is 28.7. The molecule has 2 heterocycles. The number of ether oxygens (including phenoxy) is 1. The fourth-order valence-electron chi connectivity index (χ4n) is 3.66. The third kappa shape index (κ3) is 4.80. The molecule has 24 heavy (non-hydrogen) atoms. The number of carbonyl (C=O) groups is 2. The average Bonchev–Trinajstić information content (AvgIpc) is 3.00. The number of nitrogens with one attached hydrogen (secondary N) is 1. The van der Waals surface area contributed by atoms with Crippen LogP contribution in [0.3, 0.4) is 0 Å². The van der Waals surface area contributed by atoms with Crippen molar-refractivity contribution in [1.82, 2.24) is 15.1 Å². The van der Waals surface area contributed by atoms with Crippen molar-refractivity contribution in [3.63, 3.8) is 0 Å². The van der Waals surface area contributed by atoms with Gasteiger partial charge in [-0.05, 0) is 25.7 Å². The maximum absolute atomic E-state index is 12.3. The molecule has 6 nitrogen and oxygen atoms in total. The van der Waals surface area contributed by atoms with E-state index in [9.17, 15) is 9.59 Å². The number of hydrogen-bond acceptors (Lipinski definition) is 4.